The maximum atomic E-state index is 13.2. The molecular weight excluding hydrogens is 362 g/mol. The lowest BCUT2D eigenvalue weighted by Gasteiger charge is -2.30. The predicted molar refractivity (Wildman–Crippen MR) is 106 cm³/mol. The number of anilines is 1. The zero-order chi connectivity index (χ0) is 19.6. The van der Waals surface area contributed by atoms with Crippen LogP contribution in [0, 0.1) is 0 Å². The van der Waals surface area contributed by atoms with E-state index in [0.717, 1.165) is 11.3 Å². The van der Waals surface area contributed by atoms with Crippen LogP contribution in [0.15, 0.2) is 59.5 Å². The molecule has 0 aromatic heterocycles. The fraction of sp³-hybridized carbons (Fsp3) is 0.350. The Hall–Kier alpha value is -2.38. The first-order valence-corrected chi connectivity index (χ1v) is 10.4. The Kier molecular flexibility index (Phi) is 5.53. The average molecular weight is 388 g/mol. The van der Waals surface area contributed by atoms with Gasteiger partial charge in [0.15, 0.2) is 0 Å². The van der Waals surface area contributed by atoms with Gasteiger partial charge in [-0.25, -0.2) is 8.42 Å². The standard InChI is InChI=1S/C20H25N3O3S/c1-4-19(24)22-14-15-23(27(25,26)18-8-6-5-7-9-18)20(22)16-10-12-17(13-11-16)21(2)3/h5-13,20H,4,14-15H2,1-3H3/t20-/m1/s1. The Labute approximate surface area is 161 Å². The number of hydrogen-bond acceptors (Lipinski definition) is 4. The summed E-state index contributed by atoms with van der Waals surface area (Å²) in [6, 6.07) is 16.1. The molecule has 6 nitrogen and oxygen atoms in total. The van der Waals surface area contributed by atoms with Crippen molar-refractivity contribution in [2.75, 3.05) is 32.1 Å². The number of nitrogens with zero attached hydrogens (tertiary/aromatic N) is 3. The molecule has 1 aliphatic heterocycles. The second kappa shape index (κ2) is 7.70. The molecule has 0 unspecified atom stereocenters. The van der Waals surface area contributed by atoms with E-state index in [2.05, 4.69) is 0 Å². The lowest BCUT2D eigenvalue weighted by Crippen LogP contribution is -2.37. The summed E-state index contributed by atoms with van der Waals surface area (Å²) in [5, 5.41) is 0. The van der Waals surface area contributed by atoms with E-state index in [0.29, 0.717) is 13.0 Å². The normalized spacial score (nSPS) is 17.9. The van der Waals surface area contributed by atoms with Crippen molar-refractivity contribution in [3.05, 3.63) is 60.2 Å². The SMILES string of the molecule is CCC(=O)N1CCN(S(=O)(=O)c2ccccc2)[C@@H]1c1ccc(N(C)C)cc1. The van der Waals surface area contributed by atoms with Crippen molar-refractivity contribution in [2.45, 2.75) is 24.4 Å². The summed E-state index contributed by atoms with van der Waals surface area (Å²) in [7, 11) is 0.188. The first-order chi connectivity index (χ1) is 12.9. The van der Waals surface area contributed by atoms with Gasteiger partial charge in [0.25, 0.3) is 0 Å². The van der Waals surface area contributed by atoms with Crippen LogP contribution in [0.1, 0.15) is 25.1 Å². The fourth-order valence-electron chi connectivity index (χ4n) is 3.34. The van der Waals surface area contributed by atoms with Crippen molar-refractivity contribution in [2.24, 2.45) is 0 Å². The van der Waals surface area contributed by atoms with Crippen molar-refractivity contribution < 1.29 is 13.2 Å². The van der Waals surface area contributed by atoms with E-state index in [1.807, 2.05) is 43.3 Å². The molecule has 0 radical (unpaired) electrons. The molecule has 0 aliphatic carbocycles. The molecule has 0 bridgehead atoms. The maximum Gasteiger partial charge on any atom is 0.245 e. The van der Waals surface area contributed by atoms with Crippen LogP contribution in [0.5, 0.6) is 0 Å². The summed E-state index contributed by atoms with van der Waals surface area (Å²) < 4.78 is 27.9. The van der Waals surface area contributed by atoms with E-state index in [9.17, 15) is 13.2 Å². The lowest BCUT2D eigenvalue weighted by atomic mass is 10.1. The first kappa shape index (κ1) is 19.4. The molecule has 0 spiro atoms. The predicted octanol–water partition coefficient (Wildman–Crippen LogP) is 2.69. The zero-order valence-corrected chi connectivity index (χ0v) is 16.7. The molecule has 0 saturated carbocycles. The summed E-state index contributed by atoms with van der Waals surface area (Å²) in [5.74, 6) is -0.0533. The van der Waals surface area contributed by atoms with Crippen molar-refractivity contribution in [1.82, 2.24) is 9.21 Å². The Morgan fingerprint density at radius 1 is 1.04 bits per heavy atom. The second-order valence-corrected chi connectivity index (χ2v) is 8.62. The van der Waals surface area contributed by atoms with Crippen LogP contribution in [0.3, 0.4) is 0 Å². The van der Waals surface area contributed by atoms with E-state index in [1.54, 1.807) is 42.2 Å². The van der Waals surface area contributed by atoms with Crippen molar-refractivity contribution >= 4 is 21.6 Å². The molecule has 1 aliphatic rings. The number of hydrogen-bond donors (Lipinski definition) is 0. The largest absolute Gasteiger partial charge is 0.378 e. The third-order valence-electron chi connectivity index (χ3n) is 4.81. The van der Waals surface area contributed by atoms with Crippen LogP contribution < -0.4 is 4.90 Å². The molecule has 1 amide bonds. The zero-order valence-electron chi connectivity index (χ0n) is 15.9. The van der Waals surface area contributed by atoms with Gasteiger partial charge in [0.1, 0.15) is 6.17 Å². The number of carbonyl (C=O) groups is 1. The molecule has 2 aromatic carbocycles. The van der Waals surface area contributed by atoms with E-state index in [-0.39, 0.29) is 17.3 Å². The third kappa shape index (κ3) is 3.70. The molecule has 7 heteroatoms. The molecule has 3 rings (SSSR count). The minimum absolute atomic E-state index is 0.0533. The van der Waals surface area contributed by atoms with Gasteiger partial charge in [-0.3, -0.25) is 4.79 Å². The van der Waals surface area contributed by atoms with Gasteiger partial charge in [-0.05, 0) is 29.8 Å². The Morgan fingerprint density at radius 3 is 2.22 bits per heavy atom. The summed E-state index contributed by atoms with van der Waals surface area (Å²) in [5.41, 5.74) is 1.81. The van der Waals surface area contributed by atoms with Gasteiger partial charge in [0.05, 0.1) is 4.90 Å². The number of sulfonamides is 1. The van der Waals surface area contributed by atoms with Crippen molar-refractivity contribution in [3.63, 3.8) is 0 Å². The number of benzene rings is 2. The fourth-order valence-corrected chi connectivity index (χ4v) is 4.93. The Bertz CT molecular complexity index is 896. The highest BCUT2D eigenvalue weighted by Gasteiger charge is 2.42. The number of amides is 1. The highest BCUT2D eigenvalue weighted by molar-refractivity contribution is 7.89. The van der Waals surface area contributed by atoms with Gasteiger partial charge in [-0.1, -0.05) is 37.3 Å². The van der Waals surface area contributed by atoms with Gasteiger partial charge >= 0.3 is 0 Å². The van der Waals surface area contributed by atoms with Gasteiger partial charge in [0.2, 0.25) is 15.9 Å². The molecule has 1 fully saturated rings. The topological polar surface area (TPSA) is 60.9 Å². The van der Waals surface area contributed by atoms with Crippen LogP contribution in [-0.2, 0) is 14.8 Å². The smallest absolute Gasteiger partial charge is 0.245 e. The van der Waals surface area contributed by atoms with E-state index < -0.39 is 16.2 Å². The minimum atomic E-state index is -3.71. The van der Waals surface area contributed by atoms with Crippen LogP contribution in [0.4, 0.5) is 5.69 Å². The highest BCUT2D eigenvalue weighted by Crippen LogP contribution is 2.35. The van der Waals surface area contributed by atoms with E-state index in [4.69, 9.17) is 0 Å². The molecule has 1 saturated heterocycles. The van der Waals surface area contributed by atoms with Gasteiger partial charge in [-0.2, -0.15) is 4.31 Å². The monoisotopic (exact) mass is 387 g/mol. The molecule has 0 N–H and O–H groups in total. The Morgan fingerprint density at radius 2 is 1.67 bits per heavy atom. The van der Waals surface area contributed by atoms with Crippen LogP contribution in [-0.4, -0.2) is 50.7 Å². The molecule has 144 valence electrons. The number of rotatable bonds is 5. The molecule has 1 atom stereocenters. The quantitative estimate of drug-likeness (QED) is 0.791. The molecule has 2 aromatic rings. The minimum Gasteiger partial charge on any atom is -0.378 e. The second-order valence-electron chi connectivity index (χ2n) is 6.73. The van der Waals surface area contributed by atoms with Gasteiger partial charge in [-0.15, -0.1) is 0 Å². The first-order valence-electron chi connectivity index (χ1n) is 9.00. The maximum absolute atomic E-state index is 13.2. The van der Waals surface area contributed by atoms with Crippen LogP contribution in [0.2, 0.25) is 0 Å². The van der Waals surface area contributed by atoms with Gasteiger partial charge < -0.3 is 9.80 Å². The third-order valence-corrected chi connectivity index (χ3v) is 6.68. The average Bonchev–Trinajstić information content (AvgIpc) is 3.14. The van der Waals surface area contributed by atoms with Crippen LogP contribution >= 0.6 is 0 Å². The summed E-state index contributed by atoms with van der Waals surface area (Å²) in [6.07, 6.45) is -0.287. The van der Waals surface area contributed by atoms with E-state index >= 15 is 0 Å². The molecular formula is C20H25N3O3S. The van der Waals surface area contributed by atoms with Crippen molar-refractivity contribution in [3.8, 4) is 0 Å². The molecule has 27 heavy (non-hydrogen) atoms. The summed E-state index contributed by atoms with van der Waals surface area (Å²) in [4.78, 5) is 16.4. The number of carbonyl (C=O) groups excluding carboxylic acids is 1. The highest BCUT2D eigenvalue weighted by atomic mass is 32.2. The van der Waals surface area contributed by atoms with Gasteiger partial charge in [0, 0.05) is 39.3 Å². The summed E-state index contributed by atoms with van der Waals surface area (Å²) in [6.45, 7) is 2.46. The summed E-state index contributed by atoms with van der Waals surface area (Å²) >= 11 is 0. The molecule has 1 heterocycles. The van der Waals surface area contributed by atoms with Crippen LogP contribution in [0.25, 0.3) is 0 Å². The van der Waals surface area contributed by atoms with E-state index in [1.165, 1.54) is 4.31 Å². The lowest BCUT2D eigenvalue weighted by molar-refractivity contribution is -0.132. The Balaban J connectivity index is 2.04. The van der Waals surface area contributed by atoms with Crippen molar-refractivity contribution in [1.29, 1.82) is 0 Å².